The molecule has 0 saturated carbocycles. The van der Waals surface area contributed by atoms with Gasteiger partial charge in [0.05, 0.1) is 5.69 Å². The lowest BCUT2D eigenvalue weighted by Crippen LogP contribution is -2.03. The maximum atomic E-state index is 6.19. The van der Waals surface area contributed by atoms with E-state index < -0.39 is 0 Å². The maximum absolute atomic E-state index is 6.19. The second-order valence-corrected chi connectivity index (χ2v) is 5.01. The van der Waals surface area contributed by atoms with Gasteiger partial charge < -0.3 is 0 Å². The third-order valence-electron chi connectivity index (χ3n) is 3.46. The van der Waals surface area contributed by atoms with Gasteiger partial charge in [0, 0.05) is 17.1 Å². The molecule has 88 valence electrons. The molecule has 1 N–H and O–H groups in total. The Morgan fingerprint density at radius 1 is 1.18 bits per heavy atom. The molecule has 0 spiro atoms. The summed E-state index contributed by atoms with van der Waals surface area (Å²) in [6.07, 6.45) is 5.70. The summed E-state index contributed by atoms with van der Waals surface area (Å²) in [6.45, 7) is 0. The van der Waals surface area contributed by atoms with Crippen LogP contribution in [0.15, 0.2) is 24.3 Å². The van der Waals surface area contributed by atoms with E-state index in [1.54, 1.807) is 0 Å². The van der Waals surface area contributed by atoms with Crippen LogP contribution in [-0.2, 0) is 19.3 Å². The highest BCUT2D eigenvalue weighted by Gasteiger charge is 2.17. The van der Waals surface area contributed by atoms with Gasteiger partial charge in [-0.05, 0) is 42.9 Å². The lowest BCUT2D eigenvalue weighted by Gasteiger charge is -2.11. The van der Waals surface area contributed by atoms with Crippen molar-refractivity contribution < 1.29 is 0 Å². The minimum atomic E-state index is 0.833. The van der Waals surface area contributed by atoms with Crippen molar-refractivity contribution in [3.63, 3.8) is 0 Å². The molecule has 0 atom stereocenters. The van der Waals surface area contributed by atoms with Gasteiger partial charge >= 0.3 is 0 Å². The van der Waals surface area contributed by atoms with E-state index in [0.717, 1.165) is 29.8 Å². The summed E-state index contributed by atoms with van der Waals surface area (Å²) in [6, 6.07) is 8.01. The zero-order valence-electron chi connectivity index (χ0n) is 9.67. The number of benzene rings is 1. The number of hydrogen-bond donors (Lipinski definition) is 1. The van der Waals surface area contributed by atoms with Gasteiger partial charge in [-0.25, -0.2) is 0 Å². The molecule has 1 aliphatic carbocycles. The fourth-order valence-corrected chi connectivity index (χ4v) is 2.72. The number of aryl methyl sites for hydroxylation is 1. The Balaban J connectivity index is 1.91. The summed E-state index contributed by atoms with van der Waals surface area (Å²) in [7, 11) is 0. The molecule has 2 nitrogen and oxygen atoms in total. The first-order valence-corrected chi connectivity index (χ1v) is 6.51. The van der Waals surface area contributed by atoms with E-state index in [-0.39, 0.29) is 0 Å². The molecular formula is C14H15ClN2. The Labute approximate surface area is 106 Å². The molecule has 0 bridgehead atoms. The van der Waals surface area contributed by atoms with Gasteiger partial charge in [-0.15, -0.1) is 0 Å². The summed E-state index contributed by atoms with van der Waals surface area (Å²) < 4.78 is 0. The van der Waals surface area contributed by atoms with Crippen LogP contribution in [0.25, 0.3) is 0 Å². The number of aromatic amines is 1. The van der Waals surface area contributed by atoms with Crippen LogP contribution >= 0.6 is 11.6 Å². The van der Waals surface area contributed by atoms with Crippen LogP contribution in [-0.4, -0.2) is 10.2 Å². The molecule has 0 aliphatic heterocycles. The van der Waals surface area contributed by atoms with Gasteiger partial charge in [-0.3, -0.25) is 5.10 Å². The van der Waals surface area contributed by atoms with Crippen molar-refractivity contribution in [2.24, 2.45) is 0 Å². The number of nitrogens with one attached hydrogen (secondary N) is 1. The number of H-pyrrole nitrogens is 1. The summed E-state index contributed by atoms with van der Waals surface area (Å²) in [4.78, 5) is 0. The van der Waals surface area contributed by atoms with E-state index in [2.05, 4.69) is 16.3 Å². The third-order valence-corrected chi connectivity index (χ3v) is 3.83. The zero-order valence-corrected chi connectivity index (χ0v) is 10.4. The van der Waals surface area contributed by atoms with Crippen molar-refractivity contribution in [3.8, 4) is 0 Å². The van der Waals surface area contributed by atoms with Crippen LogP contribution in [0.5, 0.6) is 0 Å². The number of fused-ring (bicyclic) bond motifs is 1. The van der Waals surface area contributed by atoms with E-state index in [1.807, 2.05) is 18.2 Å². The van der Waals surface area contributed by atoms with Crippen LogP contribution in [0.3, 0.4) is 0 Å². The fourth-order valence-electron chi connectivity index (χ4n) is 2.52. The van der Waals surface area contributed by atoms with Crippen molar-refractivity contribution >= 4 is 11.6 Å². The van der Waals surface area contributed by atoms with Crippen LogP contribution in [0.1, 0.15) is 35.4 Å². The van der Waals surface area contributed by atoms with Gasteiger partial charge in [-0.2, -0.15) is 5.10 Å². The van der Waals surface area contributed by atoms with Crippen LogP contribution < -0.4 is 0 Å². The molecule has 0 fully saturated rings. The first-order chi connectivity index (χ1) is 8.34. The minimum Gasteiger partial charge on any atom is -0.282 e. The molecular weight excluding hydrogens is 232 g/mol. The Kier molecular flexibility index (Phi) is 2.89. The first kappa shape index (κ1) is 10.8. The Morgan fingerprint density at radius 2 is 2.00 bits per heavy atom. The largest absolute Gasteiger partial charge is 0.282 e. The van der Waals surface area contributed by atoms with Crippen molar-refractivity contribution in [1.82, 2.24) is 10.2 Å². The number of halogens is 1. The van der Waals surface area contributed by atoms with Crippen molar-refractivity contribution in [1.29, 1.82) is 0 Å². The second-order valence-electron chi connectivity index (χ2n) is 4.60. The molecule has 1 aliphatic rings. The molecule has 1 aromatic heterocycles. The number of rotatable bonds is 2. The molecule has 1 aromatic carbocycles. The van der Waals surface area contributed by atoms with E-state index in [1.165, 1.54) is 29.8 Å². The lowest BCUT2D eigenvalue weighted by atomic mass is 9.94. The summed E-state index contributed by atoms with van der Waals surface area (Å²) >= 11 is 6.19. The monoisotopic (exact) mass is 246 g/mol. The lowest BCUT2D eigenvalue weighted by molar-refractivity contribution is 0.673. The molecule has 0 radical (unpaired) electrons. The summed E-state index contributed by atoms with van der Waals surface area (Å²) in [5.41, 5.74) is 5.09. The zero-order chi connectivity index (χ0) is 11.7. The SMILES string of the molecule is Clc1ccccc1Cc1n[nH]c2c1CCCC2. The highest BCUT2D eigenvalue weighted by molar-refractivity contribution is 6.31. The highest BCUT2D eigenvalue weighted by Crippen LogP contribution is 2.25. The van der Waals surface area contributed by atoms with Crippen molar-refractivity contribution in [2.45, 2.75) is 32.1 Å². The smallest absolute Gasteiger partial charge is 0.0701 e. The van der Waals surface area contributed by atoms with Gasteiger partial charge in [-0.1, -0.05) is 29.8 Å². The molecule has 2 aromatic rings. The quantitative estimate of drug-likeness (QED) is 0.863. The Hall–Kier alpha value is -1.28. The molecule has 3 heteroatoms. The van der Waals surface area contributed by atoms with Gasteiger partial charge in [0.2, 0.25) is 0 Å². The molecule has 0 amide bonds. The Bertz CT molecular complexity index is 531. The van der Waals surface area contributed by atoms with E-state index >= 15 is 0 Å². The van der Waals surface area contributed by atoms with Gasteiger partial charge in [0.15, 0.2) is 0 Å². The summed E-state index contributed by atoms with van der Waals surface area (Å²) in [5, 5.41) is 8.46. The van der Waals surface area contributed by atoms with Crippen LogP contribution in [0.2, 0.25) is 5.02 Å². The first-order valence-electron chi connectivity index (χ1n) is 6.13. The topological polar surface area (TPSA) is 28.7 Å². The van der Waals surface area contributed by atoms with Crippen LogP contribution in [0.4, 0.5) is 0 Å². The van der Waals surface area contributed by atoms with E-state index in [4.69, 9.17) is 11.6 Å². The van der Waals surface area contributed by atoms with Gasteiger partial charge in [0.25, 0.3) is 0 Å². The van der Waals surface area contributed by atoms with Crippen molar-refractivity contribution in [3.05, 3.63) is 51.8 Å². The van der Waals surface area contributed by atoms with E-state index in [0.29, 0.717) is 0 Å². The average molecular weight is 247 g/mol. The maximum Gasteiger partial charge on any atom is 0.0701 e. The summed E-state index contributed by atoms with van der Waals surface area (Å²) in [5.74, 6) is 0. The molecule has 1 heterocycles. The van der Waals surface area contributed by atoms with Gasteiger partial charge in [0.1, 0.15) is 0 Å². The second kappa shape index (κ2) is 4.53. The average Bonchev–Trinajstić information content (AvgIpc) is 2.76. The minimum absolute atomic E-state index is 0.833. The molecule has 0 unspecified atom stereocenters. The third kappa shape index (κ3) is 2.09. The number of nitrogens with zero attached hydrogens (tertiary/aromatic N) is 1. The highest BCUT2D eigenvalue weighted by atomic mass is 35.5. The predicted molar refractivity (Wildman–Crippen MR) is 69.5 cm³/mol. The molecule has 0 saturated heterocycles. The van der Waals surface area contributed by atoms with Crippen LogP contribution in [0, 0.1) is 0 Å². The normalized spacial score (nSPS) is 14.6. The van der Waals surface area contributed by atoms with E-state index in [9.17, 15) is 0 Å². The molecule has 17 heavy (non-hydrogen) atoms. The number of aromatic nitrogens is 2. The molecule has 3 rings (SSSR count). The standard InChI is InChI=1S/C14H15ClN2/c15-12-7-3-1-5-10(12)9-14-11-6-2-4-8-13(11)16-17-14/h1,3,5,7H,2,4,6,8-9H2,(H,16,17). The number of hydrogen-bond acceptors (Lipinski definition) is 1. The fraction of sp³-hybridized carbons (Fsp3) is 0.357. The van der Waals surface area contributed by atoms with Crippen molar-refractivity contribution in [2.75, 3.05) is 0 Å². The predicted octanol–water partition coefficient (Wildman–Crippen LogP) is 3.53. The Morgan fingerprint density at radius 3 is 2.88 bits per heavy atom.